The van der Waals surface area contributed by atoms with Crippen LogP contribution in [0.25, 0.3) is 0 Å². The van der Waals surface area contributed by atoms with E-state index in [9.17, 15) is 4.79 Å². The molecule has 1 aliphatic rings. The molecule has 0 N–H and O–H groups in total. The van der Waals surface area contributed by atoms with Gasteiger partial charge < -0.3 is 9.64 Å². The summed E-state index contributed by atoms with van der Waals surface area (Å²) in [4.78, 5) is 15.6. The second kappa shape index (κ2) is 5.04. The summed E-state index contributed by atoms with van der Waals surface area (Å²) in [6, 6.07) is 0.278. The van der Waals surface area contributed by atoms with Crippen molar-refractivity contribution in [2.24, 2.45) is 0 Å². The van der Waals surface area contributed by atoms with E-state index >= 15 is 0 Å². The minimum absolute atomic E-state index is 0.176. The maximum Gasteiger partial charge on any atom is 0.409 e. The number of ether oxygens (including phenoxy) is 1. The van der Waals surface area contributed by atoms with E-state index in [0.717, 1.165) is 25.9 Å². The largest absolute Gasteiger partial charge is 0.453 e. The number of methoxy groups -OCH3 is 1. The van der Waals surface area contributed by atoms with Crippen LogP contribution < -0.4 is 0 Å². The van der Waals surface area contributed by atoms with Crippen LogP contribution in [-0.4, -0.2) is 54.7 Å². The van der Waals surface area contributed by atoms with Crippen molar-refractivity contribution in [3.05, 3.63) is 0 Å². The smallest absolute Gasteiger partial charge is 0.409 e. The highest BCUT2D eigenvalue weighted by atomic mass is 16.5. The number of piperidine rings is 1. The molecule has 0 aliphatic carbocycles. The summed E-state index contributed by atoms with van der Waals surface area (Å²) >= 11 is 0. The van der Waals surface area contributed by atoms with Crippen LogP contribution in [0.3, 0.4) is 0 Å². The molecule has 1 rings (SSSR count). The minimum Gasteiger partial charge on any atom is -0.453 e. The molecule has 4 heteroatoms. The molecule has 1 fully saturated rings. The Kier molecular flexibility index (Phi) is 4.19. The lowest BCUT2D eigenvalue weighted by Crippen LogP contribution is -2.54. The Morgan fingerprint density at radius 1 is 1.44 bits per heavy atom. The summed E-state index contributed by atoms with van der Waals surface area (Å²) in [5.41, 5.74) is 0.176. The van der Waals surface area contributed by atoms with Crippen LogP contribution in [0.5, 0.6) is 0 Å². The van der Waals surface area contributed by atoms with Gasteiger partial charge in [0.25, 0.3) is 0 Å². The predicted molar refractivity (Wildman–Crippen MR) is 64.5 cm³/mol. The molecular weight excluding hydrogens is 204 g/mol. The number of amides is 1. The topological polar surface area (TPSA) is 32.8 Å². The van der Waals surface area contributed by atoms with Gasteiger partial charge in [-0.2, -0.15) is 0 Å². The average molecular weight is 228 g/mol. The SMILES string of the molecule is COC(=O)N(C)C1CCCN(C(C)(C)C)C1. The van der Waals surface area contributed by atoms with Crippen molar-refractivity contribution in [2.75, 3.05) is 27.2 Å². The van der Waals surface area contributed by atoms with Crippen molar-refractivity contribution in [1.29, 1.82) is 0 Å². The summed E-state index contributed by atoms with van der Waals surface area (Å²) in [5, 5.41) is 0. The Morgan fingerprint density at radius 2 is 2.06 bits per heavy atom. The van der Waals surface area contributed by atoms with E-state index < -0.39 is 0 Å². The van der Waals surface area contributed by atoms with Crippen LogP contribution in [0.2, 0.25) is 0 Å². The van der Waals surface area contributed by atoms with Gasteiger partial charge in [-0.1, -0.05) is 0 Å². The Hall–Kier alpha value is -0.770. The molecule has 0 spiro atoms. The van der Waals surface area contributed by atoms with Crippen LogP contribution in [0, 0.1) is 0 Å². The second-order valence-corrected chi connectivity index (χ2v) is 5.49. The van der Waals surface area contributed by atoms with Gasteiger partial charge in [0.05, 0.1) is 7.11 Å². The third kappa shape index (κ3) is 3.11. The number of nitrogens with zero attached hydrogens (tertiary/aromatic N) is 2. The van der Waals surface area contributed by atoms with Gasteiger partial charge in [0.1, 0.15) is 0 Å². The van der Waals surface area contributed by atoms with E-state index in [1.165, 1.54) is 7.11 Å². The maximum atomic E-state index is 11.5. The lowest BCUT2D eigenvalue weighted by molar-refractivity contribution is 0.0475. The summed E-state index contributed by atoms with van der Waals surface area (Å²) in [6.07, 6.45) is 1.97. The molecule has 0 aromatic carbocycles. The van der Waals surface area contributed by atoms with E-state index in [2.05, 4.69) is 25.7 Å². The normalized spacial score (nSPS) is 22.9. The lowest BCUT2D eigenvalue weighted by Gasteiger charge is -2.43. The van der Waals surface area contributed by atoms with E-state index in [4.69, 9.17) is 4.74 Å². The number of carbonyl (C=O) groups is 1. The van der Waals surface area contributed by atoms with Gasteiger partial charge in [-0.3, -0.25) is 4.90 Å². The van der Waals surface area contributed by atoms with Crippen molar-refractivity contribution >= 4 is 6.09 Å². The molecule has 0 bridgehead atoms. The van der Waals surface area contributed by atoms with Gasteiger partial charge in [-0.25, -0.2) is 4.79 Å². The first kappa shape index (κ1) is 13.3. The Labute approximate surface area is 98.5 Å². The van der Waals surface area contributed by atoms with Gasteiger partial charge in [-0.15, -0.1) is 0 Å². The van der Waals surface area contributed by atoms with Crippen molar-refractivity contribution < 1.29 is 9.53 Å². The molecule has 1 amide bonds. The third-order valence-corrected chi connectivity index (χ3v) is 3.36. The number of likely N-dealkylation sites (tertiary alicyclic amines) is 1. The van der Waals surface area contributed by atoms with Gasteiger partial charge >= 0.3 is 6.09 Å². The average Bonchev–Trinajstić information content (AvgIpc) is 2.26. The highest BCUT2D eigenvalue weighted by Gasteiger charge is 2.31. The Balaban J connectivity index is 2.60. The molecule has 16 heavy (non-hydrogen) atoms. The van der Waals surface area contributed by atoms with Crippen molar-refractivity contribution in [1.82, 2.24) is 9.80 Å². The van der Waals surface area contributed by atoms with Crippen molar-refractivity contribution in [2.45, 2.75) is 45.2 Å². The van der Waals surface area contributed by atoms with E-state index in [1.54, 1.807) is 4.90 Å². The van der Waals surface area contributed by atoms with Crippen LogP contribution in [0.15, 0.2) is 0 Å². The Morgan fingerprint density at radius 3 is 2.56 bits per heavy atom. The molecule has 1 aliphatic heterocycles. The number of likely N-dealkylation sites (N-methyl/N-ethyl adjacent to an activating group) is 1. The van der Waals surface area contributed by atoms with E-state index in [0.29, 0.717) is 0 Å². The highest BCUT2D eigenvalue weighted by Crippen LogP contribution is 2.22. The monoisotopic (exact) mass is 228 g/mol. The molecule has 1 unspecified atom stereocenters. The molecule has 1 heterocycles. The quantitative estimate of drug-likeness (QED) is 0.687. The van der Waals surface area contributed by atoms with Crippen LogP contribution >= 0.6 is 0 Å². The molecule has 4 nitrogen and oxygen atoms in total. The Bertz CT molecular complexity index is 248. The molecule has 1 atom stereocenters. The molecular formula is C12H24N2O2. The lowest BCUT2D eigenvalue weighted by atomic mass is 9.98. The standard InChI is InChI=1S/C12H24N2O2/c1-12(2,3)14-8-6-7-10(9-14)13(4)11(15)16-5/h10H,6-9H2,1-5H3. The fraction of sp³-hybridized carbons (Fsp3) is 0.917. The number of hydrogen-bond acceptors (Lipinski definition) is 3. The summed E-state index contributed by atoms with van der Waals surface area (Å²) < 4.78 is 4.75. The van der Waals surface area contributed by atoms with Crippen LogP contribution in [0.1, 0.15) is 33.6 Å². The fourth-order valence-electron chi connectivity index (χ4n) is 2.17. The molecule has 0 aromatic heterocycles. The van der Waals surface area contributed by atoms with Gasteiger partial charge in [-0.05, 0) is 40.2 Å². The van der Waals surface area contributed by atoms with Crippen LogP contribution in [0.4, 0.5) is 4.79 Å². The molecule has 0 saturated carbocycles. The van der Waals surface area contributed by atoms with Crippen molar-refractivity contribution in [3.8, 4) is 0 Å². The highest BCUT2D eigenvalue weighted by molar-refractivity contribution is 5.67. The number of carbonyl (C=O) groups excluding carboxylic acids is 1. The molecule has 94 valence electrons. The zero-order valence-electron chi connectivity index (χ0n) is 11.1. The first-order chi connectivity index (χ1) is 7.36. The van der Waals surface area contributed by atoms with Crippen LogP contribution in [-0.2, 0) is 4.74 Å². The molecule has 1 saturated heterocycles. The first-order valence-corrected chi connectivity index (χ1v) is 5.92. The van der Waals surface area contributed by atoms with Crippen molar-refractivity contribution in [3.63, 3.8) is 0 Å². The van der Waals surface area contributed by atoms with E-state index in [-0.39, 0.29) is 17.7 Å². The summed E-state index contributed by atoms with van der Waals surface area (Å²) in [6.45, 7) is 8.71. The van der Waals surface area contributed by atoms with E-state index in [1.807, 2.05) is 7.05 Å². The zero-order chi connectivity index (χ0) is 12.3. The molecule has 0 radical (unpaired) electrons. The van der Waals surface area contributed by atoms with Gasteiger partial charge in [0, 0.05) is 25.2 Å². The predicted octanol–water partition coefficient (Wildman–Crippen LogP) is 1.95. The minimum atomic E-state index is -0.235. The molecule has 0 aromatic rings. The summed E-state index contributed by atoms with van der Waals surface area (Å²) in [5.74, 6) is 0. The number of rotatable bonds is 1. The number of hydrogen-bond donors (Lipinski definition) is 0. The fourth-order valence-corrected chi connectivity index (χ4v) is 2.17. The van der Waals surface area contributed by atoms with Gasteiger partial charge in [0.15, 0.2) is 0 Å². The first-order valence-electron chi connectivity index (χ1n) is 5.92. The zero-order valence-corrected chi connectivity index (χ0v) is 11.1. The third-order valence-electron chi connectivity index (χ3n) is 3.36. The van der Waals surface area contributed by atoms with Gasteiger partial charge in [0.2, 0.25) is 0 Å². The summed E-state index contributed by atoms with van der Waals surface area (Å²) in [7, 11) is 3.26. The maximum absolute atomic E-state index is 11.5. The second-order valence-electron chi connectivity index (χ2n) is 5.49.